The van der Waals surface area contributed by atoms with Crippen molar-refractivity contribution in [2.75, 3.05) is 13.7 Å². The Hall–Kier alpha value is -0.320. The second-order valence-corrected chi connectivity index (χ2v) is 4.60. The normalized spacial score (nSPS) is 15.0. The van der Waals surface area contributed by atoms with Crippen molar-refractivity contribution in [2.24, 2.45) is 0 Å². The monoisotopic (exact) mass is 289 g/mol. The number of hydrogen-bond acceptors (Lipinski definition) is 3. The zero-order valence-corrected chi connectivity index (χ0v) is 11.7. The highest BCUT2D eigenvalue weighted by Crippen LogP contribution is 2.29. The fraction of sp³-hybridized carbons (Fsp3) is 0.667. The van der Waals surface area contributed by atoms with Gasteiger partial charge in [0.25, 0.3) is 0 Å². The van der Waals surface area contributed by atoms with E-state index in [1.165, 1.54) is 0 Å². The van der Waals surface area contributed by atoms with Gasteiger partial charge in [0.1, 0.15) is 5.76 Å². The van der Waals surface area contributed by atoms with Crippen molar-refractivity contribution in [3.05, 3.63) is 22.6 Å². The molecule has 1 rings (SSSR count). The van der Waals surface area contributed by atoms with Gasteiger partial charge in [-0.1, -0.05) is 13.8 Å². The van der Waals surface area contributed by atoms with Crippen LogP contribution in [0.15, 0.2) is 21.2 Å². The van der Waals surface area contributed by atoms with Gasteiger partial charge in [-0.25, -0.2) is 0 Å². The molecule has 3 nitrogen and oxygen atoms in total. The molecule has 16 heavy (non-hydrogen) atoms. The van der Waals surface area contributed by atoms with Crippen LogP contribution < -0.4 is 5.32 Å². The van der Waals surface area contributed by atoms with E-state index in [2.05, 4.69) is 35.1 Å². The lowest BCUT2D eigenvalue weighted by Crippen LogP contribution is -2.33. The first-order valence-electron chi connectivity index (χ1n) is 5.73. The van der Waals surface area contributed by atoms with Crippen LogP contribution in [0.1, 0.15) is 38.5 Å². The molecule has 0 aliphatic heterocycles. The summed E-state index contributed by atoms with van der Waals surface area (Å²) in [5.74, 6) is 0.919. The van der Waals surface area contributed by atoms with Crippen LogP contribution in [-0.2, 0) is 4.74 Å². The molecule has 1 heterocycles. The Morgan fingerprint density at radius 3 is 2.69 bits per heavy atom. The molecule has 0 aliphatic carbocycles. The molecule has 0 amide bonds. The summed E-state index contributed by atoms with van der Waals surface area (Å²) in [7, 11) is 1.74. The first kappa shape index (κ1) is 13.7. The average molecular weight is 290 g/mol. The molecule has 2 atom stereocenters. The van der Waals surface area contributed by atoms with Crippen molar-refractivity contribution < 1.29 is 9.15 Å². The summed E-state index contributed by atoms with van der Waals surface area (Å²) in [5.41, 5.74) is 0. The van der Waals surface area contributed by atoms with E-state index in [9.17, 15) is 0 Å². The molecule has 1 aromatic heterocycles. The number of halogens is 1. The standard InChI is InChI=1S/C12H20BrNO2/c1-4-7-14-11(10(5-2)15-3)12-9(13)6-8-16-12/h6,8,10-11,14H,4-5,7H2,1-3H3. The van der Waals surface area contributed by atoms with Crippen LogP contribution in [0, 0.1) is 0 Å². The lowest BCUT2D eigenvalue weighted by molar-refractivity contribution is 0.0577. The van der Waals surface area contributed by atoms with E-state index in [1.807, 2.05) is 6.07 Å². The largest absolute Gasteiger partial charge is 0.466 e. The van der Waals surface area contributed by atoms with E-state index >= 15 is 0 Å². The van der Waals surface area contributed by atoms with Gasteiger partial charge in [-0.15, -0.1) is 0 Å². The van der Waals surface area contributed by atoms with Gasteiger partial charge in [-0.2, -0.15) is 0 Å². The molecule has 0 saturated carbocycles. The molecule has 0 spiro atoms. The Kier molecular flexibility index (Phi) is 6.09. The van der Waals surface area contributed by atoms with E-state index in [-0.39, 0.29) is 12.1 Å². The van der Waals surface area contributed by atoms with Crippen molar-refractivity contribution in [3.63, 3.8) is 0 Å². The third-order valence-corrected chi connectivity index (χ3v) is 3.27. The molecule has 0 aliphatic rings. The molecule has 1 N–H and O–H groups in total. The number of furan rings is 1. The number of rotatable bonds is 7. The van der Waals surface area contributed by atoms with Crippen LogP contribution >= 0.6 is 15.9 Å². The Morgan fingerprint density at radius 2 is 2.25 bits per heavy atom. The summed E-state index contributed by atoms with van der Waals surface area (Å²) in [5, 5.41) is 3.47. The number of methoxy groups -OCH3 is 1. The Labute approximate surface area is 106 Å². The number of ether oxygens (including phenoxy) is 1. The highest BCUT2D eigenvalue weighted by Gasteiger charge is 2.25. The Balaban J connectivity index is 2.82. The summed E-state index contributed by atoms with van der Waals surface area (Å²) < 4.78 is 12.0. The van der Waals surface area contributed by atoms with Gasteiger partial charge in [0.2, 0.25) is 0 Å². The van der Waals surface area contributed by atoms with Gasteiger partial charge < -0.3 is 14.5 Å². The van der Waals surface area contributed by atoms with Crippen molar-refractivity contribution in [2.45, 2.75) is 38.8 Å². The summed E-state index contributed by atoms with van der Waals surface area (Å²) in [4.78, 5) is 0. The van der Waals surface area contributed by atoms with Crippen molar-refractivity contribution in [1.29, 1.82) is 0 Å². The average Bonchev–Trinajstić information content (AvgIpc) is 2.71. The molecule has 0 bridgehead atoms. The van der Waals surface area contributed by atoms with Crippen LogP contribution in [0.5, 0.6) is 0 Å². The maximum absolute atomic E-state index is 5.52. The third kappa shape index (κ3) is 3.34. The van der Waals surface area contributed by atoms with E-state index in [4.69, 9.17) is 9.15 Å². The fourth-order valence-corrected chi connectivity index (χ4v) is 2.21. The summed E-state index contributed by atoms with van der Waals surface area (Å²) in [6.45, 7) is 5.22. The molecule has 2 unspecified atom stereocenters. The SMILES string of the molecule is CCCNC(c1occc1Br)C(CC)OC. The lowest BCUT2D eigenvalue weighted by Gasteiger charge is -2.24. The van der Waals surface area contributed by atoms with Gasteiger partial charge in [0, 0.05) is 7.11 Å². The van der Waals surface area contributed by atoms with Crippen molar-refractivity contribution >= 4 is 15.9 Å². The molecule has 0 radical (unpaired) electrons. The van der Waals surface area contributed by atoms with Gasteiger partial charge in [-0.3, -0.25) is 0 Å². The van der Waals surface area contributed by atoms with E-state index in [1.54, 1.807) is 13.4 Å². The molecule has 1 aromatic rings. The Bertz CT molecular complexity index is 297. The molecular weight excluding hydrogens is 270 g/mol. The summed E-state index contributed by atoms with van der Waals surface area (Å²) >= 11 is 3.50. The van der Waals surface area contributed by atoms with Crippen molar-refractivity contribution in [1.82, 2.24) is 5.32 Å². The molecule has 4 heteroatoms. The maximum atomic E-state index is 5.52. The quantitative estimate of drug-likeness (QED) is 0.834. The minimum atomic E-state index is 0.110. The van der Waals surface area contributed by atoms with Gasteiger partial charge in [-0.05, 0) is 41.4 Å². The molecule has 92 valence electrons. The second-order valence-electron chi connectivity index (χ2n) is 3.75. The summed E-state index contributed by atoms with van der Waals surface area (Å²) in [6, 6.07) is 2.03. The van der Waals surface area contributed by atoms with Gasteiger partial charge in [0.05, 0.1) is 22.9 Å². The second kappa shape index (κ2) is 7.09. The highest BCUT2D eigenvalue weighted by molar-refractivity contribution is 9.10. The van der Waals surface area contributed by atoms with Crippen LogP contribution in [0.25, 0.3) is 0 Å². The lowest BCUT2D eigenvalue weighted by atomic mass is 10.1. The number of nitrogens with one attached hydrogen (secondary N) is 1. The smallest absolute Gasteiger partial charge is 0.137 e. The van der Waals surface area contributed by atoms with Crippen LogP contribution in [-0.4, -0.2) is 19.8 Å². The van der Waals surface area contributed by atoms with Gasteiger partial charge >= 0.3 is 0 Å². The topological polar surface area (TPSA) is 34.4 Å². The third-order valence-electron chi connectivity index (χ3n) is 2.62. The van der Waals surface area contributed by atoms with Crippen LogP contribution in [0.3, 0.4) is 0 Å². The summed E-state index contributed by atoms with van der Waals surface area (Å²) in [6.07, 6.45) is 3.87. The first-order valence-corrected chi connectivity index (χ1v) is 6.52. The van der Waals surface area contributed by atoms with Crippen molar-refractivity contribution in [3.8, 4) is 0 Å². The minimum absolute atomic E-state index is 0.110. The van der Waals surface area contributed by atoms with E-state index in [0.717, 1.165) is 29.6 Å². The van der Waals surface area contributed by atoms with E-state index in [0.29, 0.717) is 0 Å². The fourth-order valence-electron chi connectivity index (χ4n) is 1.76. The van der Waals surface area contributed by atoms with Gasteiger partial charge in [0.15, 0.2) is 0 Å². The Morgan fingerprint density at radius 1 is 1.50 bits per heavy atom. The molecule has 0 fully saturated rings. The molecule has 0 aromatic carbocycles. The van der Waals surface area contributed by atoms with Crippen LogP contribution in [0.2, 0.25) is 0 Å². The predicted octanol–water partition coefficient (Wildman–Crippen LogP) is 3.51. The first-order chi connectivity index (χ1) is 7.74. The van der Waals surface area contributed by atoms with E-state index < -0.39 is 0 Å². The highest BCUT2D eigenvalue weighted by atomic mass is 79.9. The zero-order valence-electron chi connectivity index (χ0n) is 10.1. The molecule has 0 saturated heterocycles. The minimum Gasteiger partial charge on any atom is -0.466 e. The molecular formula is C12H20BrNO2. The predicted molar refractivity (Wildman–Crippen MR) is 68.5 cm³/mol. The zero-order chi connectivity index (χ0) is 12.0. The van der Waals surface area contributed by atoms with Crippen LogP contribution in [0.4, 0.5) is 0 Å². The maximum Gasteiger partial charge on any atom is 0.137 e. The number of hydrogen-bond donors (Lipinski definition) is 1.